The van der Waals surface area contributed by atoms with Crippen LogP contribution in [-0.2, 0) is 0 Å². The second-order valence-corrected chi connectivity index (χ2v) is 6.12. The molecule has 0 spiro atoms. The van der Waals surface area contributed by atoms with Gasteiger partial charge in [0.25, 0.3) is 11.8 Å². The van der Waals surface area contributed by atoms with Crippen LogP contribution in [-0.4, -0.2) is 39.2 Å². The lowest BCUT2D eigenvalue weighted by Crippen LogP contribution is -2.32. The summed E-state index contributed by atoms with van der Waals surface area (Å²) >= 11 is 5.96. The SMILES string of the molecule is CCN(CC)C(=O)c1nc(C(=O)Nc2cccc(Cl)c2)c2ccccn12. The van der Waals surface area contributed by atoms with Crippen LogP contribution in [0.4, 0.5) is 5.69 Å². The molecule has 0 radical (unpaired) electrons. The first kappa shape index (κ1) is 17.9. The van der Waals surface area contributed by atoms with E-state index in [1.54, 1.807) is 58.0 Å². The second-order valence-electron chi connectivity index (χ2n) is 5.68. The zero-order valence-corrected chi connectivity index (χ0v) is 15.3. The number of nitrogens with zero attached hydrogens (tertiary/aromatic N) is 3. The Hall–Kier alpha value is -2.86. The number of benzene rings is 1. The van der Waals surface area contributed by atoms with E-state index in [0.717, 1.165) is 0 Å². The van der Waals surface area contributed by atoms with Gasteiger partial charge in [-0.05, 0) is 44.2 Å². The number of halogens is 1. The van der Waals surface area contributed by atoms with Gasteiger partial charge in [-0.25, -0.2) is 4.98 Å². The molecule has 0 aliphatic heterocycles. The number of fused-ring (bicyclic) bond motifs is 1. The van der Waals surface area contributed by atoms with Gasteiger partial charge in [-0.2, -0.15) is 0 Å². The van der Waals surface area contributed by atoms with E-state index in [0.29, 0.717) is 29.3 Å². The van der Waals surface area contributed by atoms with Gasteiger partial charge in [0, 0.05) is 30.0 Å². The van der Waals surface area contributed by atoms with Crippen LogP contribution in [0.15, 0.2) is 48.7 Å². The molecular weight excluding hydrogens is 352 g/mol. The number of hydrogen-bond acceptors (Lipinski definition) is 3. The maximum absolute atomic E-state index is 12.8. The van der Waals surface area contributed by atoms with Crippen molar-refractivity contribution in [2.45, 2.75) is 13.8 Å². The van der Waals surface area contributed by atoms with Crippen LogP contribution in [0.3, 0.4) is 0 Å². The molecule has 0 saturated carbocycles. The van der Waals surface area contributed by atoms with Gasteiger partial charge in [-0.1, -0.05) is 23.7 Å². The van der Waals surface area contributed by atoms with Crippen molar-refractivity contribution in [3.63, 3.8) is 0 Å². The van der Waals surface area contributed by atoms with E-state index < -0.39 is 5.91 Å². The average Bonchev–Trinajstić information content (AvgIpc) is 3.02. The van der Waals surface area contributed by atoms with Crippen LogP contribution in [0.1, 0.15) is 35.0 Å². The van der Waals surface area contributed by atoms with Gasteiger partial charge in [0.2, 0.25) is 5.82 Å². The predicted octanol–water partition coefficient (Wildman–Crippen LogP) is 3.72. The van der Waals surface area contributed by atoms with Gasteiger partial charge in [0.15, 0.2) is 5.69 Å². The van der Waals surface area contributed by atoms with Crippen molar-refractivity contribution < 1.29 is 9.59 Å². The van der Waals surface area contributed by atoms with Crippen molar-refractivity contribution in [3.05, 3.63) is 65.2 Å². The highest BCUT2D eigenvalue weighted by Gasteiger charge is 2.24. The van der Waals surface area contributed by atoms with Crippen molar-refractivity contribution in [2.75, 3.05) is 18.4 Å². The van der Waals surface area contributed by atoms with E-state index >= 15 is 0 Å². The van der Waals surface area contributed by atoms with Crippen LogP contribution in [0.25, 0.3) is 5.52 Å². The van der Waals surface area contributed by atoms with Crippen LogP contribution in [0, 0.1) is 0 Å². The first-order valence-electron chi connectivity index (χ1n) is 8.38. The molecule has 6 nitrogen and oxygen atoms in total. The minimum atomic E-state index is -0.394. The first-order chi connectivity index (χ1) is 12.5. The van der Waals surface area contributed by atoms with E-state index in [4.69, 9.17) is 11.6 Å². The largest absolute Gasteiger partial charge is 0.337 e. The summed E-state index contributed by atoms with van der Waals surface area (Å²) in [6.45, 7) is 4.95. The fourth-order valence-electron chi connectivity index (χ4n) is 2.76. The monoisotopic (exact) mass is 370 g/mol. The molecule has 0 fully saturated rings. The maximum Gasteiger partial charge on any atom is 0.290 e. The second kappa shape index (κ2) is 7.58. The highest BCUT2D eigenvalue weighted by atomic mass is 35.5. The lowest BCUT2D eigenvalue weighted by atomic mass is 10.3. The number of rotatable bonds is 5. The van der Waals surface area contributed by atoms with Crippen LogP contribution < -0.4 is 5.32 Å². The van der Waals surface area contributed by atoms with Crippen LogP contribution in [0.2, 0.25) is 5.02 Å². The number of aromatic nitrogens is 2. The minimum absolute atomic E-state index is 0.195. The molecule has 3 aromatic rings. The van der Waals surface area contributed by atoms with Crippen LogP contribution in [0.5, 0.6) is 0 Å². The van der Waals surface area contributed by atoms with E-state index in [1.807, 2.05) is 13.8 Å². The molecule has 134 valence electrons. The van der Waals surface area contributed by atoms with Crippen molar-refractivity contribution in [1.29, 1.82) is 0 Å². The Labute approximate surface area is 156 Å². The molecule has 7 heteroatoms. The average molecular weight is 371 g/mol. The van der Waals surface area contributed by atoms with Gasteiger partial charge in [-0.3, -0.25) is 14.0 Å². The summed E-state index contributed by atoms with van der Waals surface area (Å²) < 4.78 is 1.65. The zero-order chi connectivity index (χ0) is 18.7. The summed E-state index contributed by atoms with van der Waals surface area (Å²) in [6.07, 6.45) is 1.73. The Morgan fingerprint density at radius 2 is 1.92 bits per heavy atom. The predicted molar refractivity (Wildman–Crippen MR) is 102 cm³/mol. The molecule has 1 aromatic carbocycles. The lowest BCUT2D eigenvalue weighted by Gasteiger charge is -2.17. The van der Waals surface area contributed by atoms with Crippen molar-refractivity contribution in [2.24, 2.45) is 0 Å². The van der Waals surface area contributed by atoms with Gasteiger partial charge < -0.3 is 10.2 Å². The summed E-state index contributed by atoms with van der Waals surface area (Å²) in [6, 6.07) is 12.2. The molecule has 2 aromatic heterocycles. The summed E-state index contributed by atoms with van der Waals surface area (Å²) in [5, 5.41) is 3.30. The molecule has 0 unspecified atom stereocenters. The number of imidazole rings is 1. The summed E-state index contributed by atoms with van der Waals surface area (Å²) in [4.78, 5) is 31.5. The Morgan fingerprint density at radius 3 is 2.62 bits per heavy atom. The van der Waals surface area contributed by atoms with E-state index in [1.165, 1.54) is 0 Å². The number of nitrogens with one attached hydrogen (secondary N) is 1. The Kier molecular flexibility index (Phi) is 5.23. The quantitative estimate of drug-likeness (QED) is 0.744. The summed E-state index contributed by atoms with van der Waals surface area (Å²) in [5.74, 6) is -0.381. The third-order valence-electron chi connectivity index (χ3n) is 4.09. The molecule has 0 aliphatic carbocycles. The van der Waals surface area contributed by atoms with Crippen molar-refractivity contribution in [1.82, 2.24) is 14.3 Å². The van der Waals surface area contributed by atoms with Gasteiger partial charge >= 0.3 is 0 Å². The first-order valence-corrected chi connectivity index (χ1v) is 8.76. The number of anilines is 1. The highest BCUT2D eigenvalue weighted by molar-refractivity contribution is 6.31. The number of pyridine rings is 1. The summed E-state index contributed by atoms with van der Waals surface area (Å²) in [7, 11) is 0. The van der Waals surface area contributed by atoms with E-state index in [9.17, 15) is 9.59 Å². The fourth-order valence-corrected chi connectivity index (χ4v) is 2.95. The van der Waals surface area contributed by atoms with E-state index in [-0.39, 0.29) is 17.4 Å². The minimum Gasteiger partial charge on any atom is -0.337 e. The van der Waals surface area contributed by atoms with E-state index in [2.05, 4.69) is 10.3 Å². The number of amides is 2. The van der Waals surface area contributed by atoms with Crippen molar-refractivity contribution in [3.8, 4) is 0 Å². The van der Waals surface area contributed by atoms with Crippen LogP contribution >= 0.6 is 11.6 Å². The molecule has 26 heavy (non-hydrogen) atoms. The molecule has 3 rings (SSSR count). The third kappa shape index (κ3) is 3.41. The third-order valence-corrected chi connectivity index (χ3v) is 4.32. The maximum atomic E-state index is 12.8. The number of carbonyl (C=O) groups is 2. The van der Waals surface area contributed by atoms with Crippen molar-refractivity contribution >= 4 is 34.6 Å². The van der Waals surface area contributed by atoms with Gasteiger partial charge in [0.05, 0.1) is 5.52 Å². The lowest BCUT2D eigenvalue weighted by molar-refractivity contribution is 0.0760. The normalized spacial score (nSPS) is 10.7. The topological polar surface area (TPSA) is 66.7 Å². The molecular formula is C19H19ClN4O2. The highest BCUT2D eigenvalue weighted by Crippen LogP contribution is 2.19. The van der Waals surface area contributed by atoms with Gasteiger partial charge in [0.1, 0.15) is 0 Å². The Morgan fingerprint density at radius 1 is 1.15 bits per heavy atom. The number of hydrogen-bond donors (Lipinski definition) is 1. The van der Waals surface area contributed by atoms with Gasteiger partial charge in [-0.15, -0.1) is 0 Å². The smallest absolute Gasteiger partial charge is 0.290 e. The Balaban J connectivity index is 2.01. The molecule has 0 atom stereocenters. The molecule has 2 heterocycles. The number of carbonyl (C=O) groups excluding carboxylic acids is 2. The molecule has 0 aliphatic rings. The Bertz CT molecular complexity index is 963. The molecule has 1 N–H and O–H groups in total. The molecule has 0 saturated heterocycles. The fraction of sp³-hybridized carbons (Fsp3) is 0.211. The zero-order valence-electron chi connectivity index (χ0n) is 14.6. The molecule has 0 bridgehead atoms. The summed E-state index contributed by atoms with van der Waals surface area (Å²) in [5.41, 5.74) is 1.33. The molecule has 2 amide bonds. The standard InChI is InChI=1S/C19H19ClN4O2/c1-3-23(4-2)19(26)17-22-16(15-10-5-6-11-24(15)17)18(25)21-14-9-7-8-13(20)12-14/h5-12H,3-4H2,1-2H3,(H,21,25).